The van der Waals surface area contributed by atoms with E-state index in [2.05, 4.69) is 9.97 Å². The van der Waals surface area contributed by atoms with E-state index < -0.39 is 0 Å². The average molecular weight is 242 g/mol. The highest BCUT2D eigenvalue weighted by Gasteiger charge is 2.09. The van der Waals surface area contributed by atoms with Crippen LogP contribution in [-0.4, -0.2) is 21.9 Å². The smallest absolute Gasteiger partial charge is 0.196 e. The number of ketones is 1. The molecule has 1 heterocycles. The Kier molecular flexibility index (Phi) is 3.67. The second-order valence-corrected chi connectivity index (χ2v) is 4.15. The van der Waals surface area contributed by atoms with E-state index in [1.807, 2.05) is 13.8 Å². The number of benzene rings is 1. The lowest BCUT2D eigenvalue weighted by molar-refractivity contribution is 0.103. The predicted molar refractivity (Wildman–Crippen MR) is 67.7 cm³/mol. The molecule has 0 bridgehead atoms. The molecule has 4 nitrogen and oxygen atoms in total. The topological polar surface area (TPSA) is 52.1 Å². The van der Waals surface area contributed by atoms with E-state index in [9.17, 15) is 4.79 Å². The predicted octanol–water partition coefficient (Wildman–Crippen LogP) is 2.49. The van der Waals surface area contributed by atoms with Gasteiger partial charge < -0.3 is 4.74 Å². The first-order valence-electron chi connectivity index (χ1n) is 5.73. The highest BCUT2D eigenvalue weighted by molar-refractivity contribution is 6.08. The molecule has 18 heavy (non-hydrogen) atoms. The van der Waals surface area contributed by atoms with E-state index in [1.165, 1.54) is 18.7 Å². The monoisotopic (exact) mass is 242 g/mol. The van der Waals surface area contributed by atoms with Crippen LogP contribution in [0, 0.1) is 0 Å². The Bertz CT molecular complexity index is 521. The maximum absolute atomic E-state index is 12.1. The Balaban J connectivity index is 2.17. The molecule has 0 spiro atoms. The third-order valence-corrected chi connectivity index (χ3v) is 2.31. The fraction of sp³-hybridized carbons (Fsp3) is 0.214. The van der Waals surface area contributed by atoms with E-state index in [0.717, 1.165) is 5.75 Å². The molecule has 92 valence electrons. The number of carbonyl (C=O) groups is 1. The molecular weight excluding hydrogens is 228 g/mol. The van der Waals surface area contributed by atoms with E-state index >= 15 is 0 Å². The van der Waals surface area contributed by atoms with Gasteiger partial charge in [-0.3, -0.25) is 4.79 Å². The van der Waals surface area contributed by atoms with Gasteiger partial charge in [-0.1, -0.05) is 0 Å². The standard InChI is InChI=1S/C14H14N2O2/c1-10(2)18-13-5-3-11(4-6-13)14(17)12-7-15-9-16-8-12/h3-10H,1-2H3. The van der Waals surface area contributed by atoms with Crippen LogP contribution in [0.1, 0.15) is 29.8 Å². The van der Waals surface area contributed by atoms with Crippen LogP contribution < -0.4 is 4.74 Å². The summed E-state index contributed by atoms with van der Waals surface area (Å²) in [6.07, 6.45) is 4.53. The van der Waals surface area contributed by atoms with Crippen molar-refractivity contribution in [2.24, 2.45) is 0 Å². The van der Waals surface area contributed by atoms with Crippen molar-refractivity contribution in [3.63, 3.8) is 0 Å². The molecule has 0 atom stereocenters. The second kappa shape index (κ2) is 5.40. The molecule has 2 rings (SSSR count). The molecule has 1 aromatic carbocycles. The Morgan fingerprint density at radius 3 is 2.22 bits per heavy atom. The lowest BCUT2D eigenvalue weighted by atomic mass is 10.1. The number of rotatable bonds is 4. The van der Waals surface area contributed by atoms with Gasteiger partial charge in [0.2, 0.25) is 0 Å². The third kappa shape index (κ3) is 2.91. The van der Waals surface area contributed by atoms with Crippen molar-refractivity contribution in [1.82, 2.24) is 9.97 Å². The van der Waals surface area contributed by atoms with Gasteiger partial charge in [0.1, 0.15) is 12.1 Å². The van der Waals surface area contributed by atoms with Crippen molar-refractivity contribution in [2.45, 2.75) is 20.0 Å². The minimum Gasteiger partial charge on any atom is -0.491 e. The second-order valence-electron chi connectivity index (χ2n) is 4.15. The molecule has 0 fully saturated rings. The third-order valence-electron chi connectivity index (χ3n) is 2.31. The first-order valence-corrected chi connectivity index (χ1v) is 5.73. The van der Waals surface area contributed by atoms with Crippen LogP contribution in [0.25, 0.3) is 0 Å². The van der Waals surface area contributed by atoms with E-state index in [-0.39, 0.29) is 11.9 Å². The molecule has 0 N–H and O–H groups in total. The van der Waals surface area contributed by atoms with Crippen molar-refractivity contribution >= 4 is 5.78 Å². The molecular formula is C14H14N2O2. The summed E-state index contributed by atoms with van der Waals surface area (Å²) in [5, 5.41) is 0. The Morgan fingerprint density at radius 2 is 1.67 bits per heavy atom. The lowest BCUT2D eigenvalue weighted by Gasteiger charge is -2.09. The van der Waals surface area contributed by atoms with Crippen molar-refractivity contribution in [2.75, 3.05) is 0 Å². The van der Waals surface area contributed by atoms with Crippen LogP contribution in [0.4, 0.5) is 0 Å². The summed E-state index contributed by atoms with van der Waals surface area (Å²) >= 11 is 0. The zero-order valence-electron chi connectivity index (χ0n) is 10.3. The zero-order valence-corrected chi connectivity index (χ0v) is 10.3. The maximum atomic E-state index is 12.1. The molecule has 0 amide bonds. The van der Waals surface area contributed by atoms with Gasteiger partial charge in [0.15, 0.2) is 5.78 Å². The zero-order chi connectivity index (χ0) is 13.0. The van der Waals surface area contributed by atoms with E-state index in [4.69, 9.17) is 4.74 Å². The Hall–Kier alpha value is -2.23. The van der Waals surface area contributed by atoms with Crippen LogP contribution >= 0.6 is 0 Å². The lowest BCUT2D eigenvalue weighted by Crippen LogP contribution is -2.06. The molecule has 0 aliphatic heterocycles. The van der Waals surface area contributed by atoms with Crippen LogP contribution in [0.2, 0.25) is 0 Å². The summed E-state index contributed by atoms with van der Waals surface area (Å²) in [6.45, 7) is 3.92. The van der Waals surface area contributed by atoms with Gasteiger partial charge in [0, 0.05) is 18.0 Å². The highest BCUT2D eigenvalue weighted by atomic mass is 16.5. The van der Waals surface area contributed by atoms with Gasteiger partial charge in [-0.15, -0.1) is 0 Å². The minimum atomic E-state index is -0.0910. The summed E-state index contributed by atoms with van der Waals surface area (Å²) in [5.41, 5.74) is 1.08. The van der Waals surface area contributed by atoms with Crippen LogP contribution in [0.15, 0.2) is 43.0 Å². The molecule has 0 saturated heterocycles. The Labute approximate surface area is 106 Å². The van der Waals surface area contributed by atoms with Crippen molar-refractivity contribution in [1.29, 1.82) is 0 Å². The van der Waals surface area contributed by atoms with E-state index in [0.29, 0.717) is 11.1 Å². The molecule has 0 saturated carbocycles. The maximum Gasteiger partial charge on any atom is 0.196 e. The molecule has 4 heteroatoms. The molecule has 0 radical (unpaired) electrons. The molecule has 0 aliphatic carbocycles. The van der Waals surface area contributed by atoms with Crippen molar-refractivity contribution in [3.8, 4) is 5.75 Å². The van der Waals surface area contributed by atoms with E-state index in [1.54, 1.807) is 24.3 Å². The number of hydrogen-bond acceptors (Lipinski definition) is 4. The Morgan fingerprint density at radius 1 is 1.06 bits per heavy atom. The summed E-state index contributed by atoms with van der Waals surface area (Å²) in [6, 6.07) is 7.06. The van der Waals surface area contributed by atoms with Gasteiger partial charge in [-0.05, 0) is 38.1 Å². The van der Waals surface area contributed by atoms with Gasteiger partial charge in [0.05, 0.1) is 11.7 Å². The van der Waals surface area contributed by atoms with Crippen molar-refractivity contribution in [3.05, 3.63) is 54.1 Å². The van der Waals surface area contributed by atoms with Gasteiger partial charge >= 0.3 is 0 Å². The van der Waals surface area contributed by atoms with Gasteiger partial charge in [-0.25, -0.2) is 9.97 Å². The fourth-order valence-electron chi connectivity index (χ4n) is 1.54. The summed E-state index contributed by atoms with van der Waals surface area (Å²) in [5.74, 6) is 0.664. The summed E-state index contributed by atoms with van der Waals surface area (Å²) in [4.78, 5) is 19.7. The highest BCUT2D eigenvalue weighted by Crippen LogP contribution is 2.15. The number of ether oxygens (including phenoxy) is 1. The van der Waals surface area contributed by atoms with Crippen LogP contribution in [0.5, 0.6) is 5.75 Å². The fourth-order valence-corrected chi connectivity index (χ4v) is 1.54. The normalized spacial score (nSPS) is 10.4. The SMILES string of the molecule is CC(C)Oc1ccc(C(=O)c2cncnc2)cc1. The summed E-state index contributed by atoms with van der Waals surface area (Å²) < 4.78 is 5.52. The minimum absolute atomic E-state index is 0.0910. The number of aromatic nitrogens is 2. The quantitative estimate of drug-likeness (QED) is 0.773. The number of nitrogens with zero attached hydrogens (tertiary/aromatic N) is 2. The number of hydrogen-bond donors (Lipinski definition) is 0. The summed E-state index contributed by atoms with van der Waals surface area (Å²) in [7, 11) is 0. The molecule has 1 aromatic heterocycles. The molecule has 0 aliphatic rings. The first-order chi connectivity index (χ1) is 8.66. The van der Waals surface area contributed by atoms with Gasteiger partial charge in [0.25, 0.3) is 0 Å². The first kappa shape index (κ1) is 12.2. The van der Waals surface area contributed by atoms with Crippen LogP contribution in [0.3, 0.4) is 0 Å². The molecule has 2 aromatic rings. The van der Waals surface area contributed by atoms with Crippen molar-refractivity contribution < 1.29 is 9.53 Å². The largest absolute Gasteiger partial charge is 0.491 e. The number of carbonyl (C=O) groups excluding carboxylic acids is 1. The molecule has 0 unspecified atom stereocenters. The van der Waals surface area contributed by atoms with Crippen LogP contribution in [-0.2, 0) is 0 Å². The average Bonchev–Trinajstić information content (AvgIpc) is 2.39. The van der Waals surface area contributed by atoms with Gasteiger partial charge in [-0.2, -0.15) is 0 Å².